The fourth-order valence-electron chi connectivity index (χ4n) is 4.56. The third-order valence-corrected chi connectivity index (χ3v) is 5.90. The number of fused-ring (bicyclic) bond motifs is 4. The van der Waals surface area contributed by atoms with Crippen molar-refractivity contribution in [1.82, 2.24) is 19.4 Å². The predicted octanol–water partition coefficient (Wildman–Crippen LogP) is 1.96. The van der Waals surface area contributed by atoms with E-state index in [-0.39, 0.29) is 42.5 Å². The summed E-state index contributed by atoms with van der Waals surface area (Å²) in [6.45, 7) is 2.76. The van der Waals surface area contributed by atoms with Gasteiger partial charge in [-0.1, -0.05) is 0 Å². The molecule has 4 heterocycles. The standard InChI is InChI=1S/C18H22N4O2.2ClH/c23-14-6-13(7-14)21-4-3-20-17(21)15-1-2-16-12-5-11(8-19-9-12)10-22(16)18(15)24;;/h1-4,11-14,19,23H,5-10H2;2*1H/t11-,12+,13?,14?;;/m0../s1. The van der Waals surface area contributed by atoms with Gasteiger partial charge >= 0.3 is 0 Å². The summed E-state index contributed by atoms with van der Waals surface area (Å²) in [6.07, 6.45) is 6.12. The molecule has 2 N–H and O–H groups in total. The molecular weight excluding hydrogens is 375 g/mol. The highest BCUT2D eigenvalue weighted by atomic mass is 35.5. The van der Waals surface area contributed by atoms with Crippen LogP contribution in [0.25, 0.3) is 11.4 Å². The molecule has 2 aliphatic heterocycles. The lowest BCUT2D eigenvalue weighted by molar-refractivity contribution is 0.0492. The number of aliphatic hydroxyl groups is 1. The van der Waals surface area contributed by atoms with Crippen LogP contribution >= 0.6 is 24.8 Å². The van der Waals surface area contributed by atoms with Gasteiger partial charge in [-0.2, -0.15) is 0 Å². The highest BCUT2D eigenvalue weighted by Crippen LogP contribution is 2.36. The number of pyridine rings is 1. The summed E-state index contributed by atoms with van der Waals surface area (Å²) >= 11 is 0. The van der Waals surface area contributed by atoms with Gasteiger partial charge in [0.1, 0.15) is 5.82 Å². The SMILES string of the molecule is Cl.Cl.O=c1c(-c2nccn2C2CC(O)C2)ccc2n1C[C@@H]1CNC[C@H]2C1. The minimum atomic E-state index is -0.221. The molecule has 1 aliphatic carbocycles. The minimum Gasteiger partial charge on any atom is -0.393 e. The number of aliphatic hydroxyl groups excluding tert-OH is 1. The zero-order chi connectivity index (χ0) is 16.3. The van der Waals surface area contributed by atoms with Gasteiger partial charge in [0, 0.05) is 43.1 Å². The average Bonchev–Trinajstić information content (AvgIpc) is 3.02. The Morgan fingerprint density at radius 1 is 1.15 bits per heavy atom. The molecule has 8 heteroatoms. The zero-order valence-corrected chi connectivity index (χ0v) is 16.0. The zero-order valence-electron chi connectivity index (χ0n) is 14.4. The maximum absolute atomic E-state index is 13.1. The van der Waals surface area contributed by atoms with Gasteiger partial charge in [0.15, 0.2) is 0 Å². The monoisotopic (exact) mass is 398 g/mol. The van der Waals surface area contributed by atoms with Crippen LogP contribution < -0.4 is 10.9 Å². The third kappa shape index (κ3) is 2.99. The molecule has 26 heavy (non-hydrogen) atoms. The van der Waals surface area contributed by atoms with E-state index in [1.54, 1.807) is 6.20 Å². The molecule has 1 saturated carbocycles. The van der Waals surface area contributed by atoms with E-state index in [0.29, 0.717) is 17.4 Å². The van der Waals surface area contributed by atoms with E-state index in [9.17, 15) is 9.90 Å². The minimum absolute atomic E-state index is 0. The number of piperidine rings is 1. The molecule has 2 bridgehead atoms. The van der Waals surface area contributed by atoms with Gasteiger partial charge in [-0.25, -0.2) is 4.98 Å². The summed E-state index contributed by atoms with van der Waals surface area (Å²) in [4.78, 5) is 17.6. The molecule has 2 aromatic heterocycles. The number of imidazole rings is 1. The molecule has 1 saturated heterocycles. The van der Waals surface area contributed by atoms with Crippen LogP contribution in [0.5, 0.6) is 0 Å². The maximum Gasteiger partial charge on any atom is 0.261 e. The van der Waals surface area contributed by atoms with E-state index in [1.807, 2.05) is 16.8 Å². The Kier molecular flexibility index (Phi) is 5.49. The molecule has 2 fully saturated rings. The maximum atomic E-state index is 13.1. The van der Waals surface area contributed by atoms with Gasteiger partial charge in [0.2, 0.25) is 0 Å². The van der Waals surface area contributed by atoms with Crippen LogP contribution in [0.4, 0.5) is 0 Å². The molecule has 5 rings (SSSR count). The van der Waals surface area contributed by atoms with Crippen molar-refractivity contribution < 1.29 is 5.11 Å². The van der Waals surface area contributed by atoms with E-state index in [1.165, 1.54) is 6.42 Å². The fraction of sp³-hybridized carbons (Fsp3) is 0.556. The number of hydrogen-bond acceptors (Lipinski definition) is 4. The Morgan fingerprint density at radius 3 is 2.73 bits per heavy atom. The lowest BCUT2D eigenvalue weighted by Gasteiger charge is -2.37. The Morgan fingerprint density at radius 2 is 1.96 bits per heavy atom. The van der Waals surface area contributed by atoms with Crippen LogP contribution in [0.15, 0.2) is 29.3 Å². The van der Waals surface area contributed by atoms with Crippen LogP contribution in [0, 0.1) is 5.92 Å². The van der Waals surface area contributed by atoms with Crippen LogP contribution in [0.1, 0.15) is 36.9 Å². The highest BCUT2D eigenvalue weighted by Gasteiger charge is 2.33. The van der Waals surface area contributed by atoms with Gasteiger partial charge < -0.3 is 19.6 Å². The molecular formula is C18H24Cl2N4O2. The van der Waals surface area contributed by atoms with E-state index < -0.39 is 0 Å². The van der Waals surface area contributed by atoms with Crippen LogP contribution in [-0.2, 0) is 6.54 Å². The predicted molar refractivity (Wildman–Crippen MR) is 104 cm³/mol. The first-order chi connectivity index (χ1) is 11.7. The van der Waals surface area contributed by atoms with Gasteiger partial charge in [0.05, 0.1) is 11.7 Å². The molecule has 2 aromatic rings. The number of nitrogens with zero attached hydrogens (tertiary/aromatic N) is 3. The van der Waals surface area contributed by atoms with Gasteiger partial charge in [0.25, 0.3) is 5.56 Å². The number of halogens is 2. The third-order valence-electron chi connectivity index (χ3n) is 5.90. The first-order valence-electron chi connectivity index (χ1n) is 8.86. The average molecular weight is 399 g/mol. The summed E-state index contributed by atoms with van der Waals surface area (Å²) in [5, 5.41) is 13.1. The Hall–Kier alpha value is -1.34. The summed E-state index contributed by atoms with van der Waals surface area (Å²) in [5.74, 6) is 1.73. The number of nitrogens with one attached hydrogen (secondary N) is 1. The normalized spacial score (nSPS) is 29.0. The molecule has 0 aromatic carbocycles. The van der Waals surface area contributed by atoms with Crippen LogP contribution in [0.2, 0.25) is 0 Å². The first kappa shape index (κ1) is 19.4. The summed E-state index contributed by atoms with van der Waals surface area (Å²) in [5.41, 5.74) is 1.92. The molecule has 0 unspecified atom stereocenters. The number of hydrogen-bond donors (Lipinski definition) is 2. The highest BCUT2D eigenvalue weighted by molar-refractivity contribution is 5.85. The summed E-state index contributed by atoms with van der Waals surface area (Å²) in [6, 6.07) is 4.30. The van der Waals surface area contributed by atoms with Crippen molar-refractivity contribution in [2.24, 2.45) is 5.92 Å². The molecule has 0 radical (unpaired) electrons. The van der Waals surface area contributed by atoms with E-state index in [2.05, 4.69) is 20.9 Å². The summed E-state index contributed by atoms with van der Waals surface area (Å²) < 4.78 is 4.03. The van der Waals surface area contributed by atoms with Crippen LogP contribution in [0.3, 0.4) is 0 Å². The largest absolute Gasteiger partial charge is 0.393 e. The number of aromatic nitrogens is 3. The lowest BCUT2D eigenvalue weighted by atomic mass is 9.84. The van der Waals surface area contributed by atoms with E-state index >= 15 is 0 Å². The van der Waals surface area contributed by atoms with Crippen LogP contribution in [-0.4, -0.2) is 38.4 Å². The lowest BCUT2D eigenvalue weighted by Crippen LogP contribution is -2.45. The second-order valence-electron chi connectivity index (χ2n) is 7.48. The van der Waals surface area contributed by atoms with E-state index in [0.717, 1.165) is 44.0 Å². The van der Waals surface area contributed by atoms with Crippen molar-refractivity contribution in [3.05, 3.63) is 40.6 Å². The van der Waals surface area contributed by atoms with Crippen molar-refractivity contribution in [3.63, 3.8) is 0 Å². The smallest absolute Gasteiger partial charge is 0.261 e. The van der Waals surface area contributed by atoms with E-state index in [4.69, 9.17) is 0 Å². The molecule has 0 amide bonds. The summed E-state index contributed by atoms with van der Waals surface area (Å²) in [7, 11) is 0. The Labute approximate surface area is 164 Å². The van der Waals surface area contributed by atoms with Crippen molar-refractivity contribution in [2.45, 2.75) is 43.9 Å². The topological polar surface area (TPSA) is 72.1 Å². The van der Waals surface area contributed by atoms with Crippen molar-refractivity contribution >= 4 is 24.8 Å². The molecule has 2 atom stereocenters. The first-order valence-corrected chi connectivity index (χ1v) is 8.86. The quantitative estimate of drug-likeness (QED) is 0.810. The van der Waals surface area contributed by atoms with Gasteiger partial charge in [-0.05, 0) is 43.9 Å². The fourth-order valence-corrected chi connectivity index (χ4v) is 4.56. The number of rotatable bonds is 2. The van der Waals surface area contributed by atoms with Gasteiger partial charge in [-0.15, -0.1) is 24.8 Å². The Bertz CT molecular complexity index is 844. The molecule has 3 aliphatic rings. The Balaban J connectivity index is 0.000000980. The molecule has 142 valence electrons. The van der Waals surface area contributed by atoms with Crippen molar-refractivity contribution in [3.8, 4) is 11.4 Å². The molecule has 6 nitrogen and oxygen atoms in total. The van der Waals surface area contributed by atoms with Crippen molar-refractivity contribution in [2.75, 3.05) is 13.1 Å². The second-order valence-corrected chi connectivity index (χ2v) is 7.48. The van der Waals surface area contributed by atoms with Crippen molar-refractivity contribution in [1.29, 1.82) is 0 Å². The molecule has 0 spiro atoms. The van der Waals surface area contributed by atoms with Gasteiger partial charge in [-0.3, -0.25) is 4.79 Å². The second kappa shape index (κ2) is 7.35.